The summed E-state index contributed by atoms with van der Waals surface area (Å²) in [6.45, 7) is 3.01. The minimum absolute atomic E-state index is 0.0180. The van der Waals surface area contributed by atoms with Crippen LogP contribution in [-0.4, -0.2) is 55.1 Å². The standard InChI is InChI=1S/C12H22N2O3/c1-4-10-7-5-6-8-14(10)11(15)9-13(2)12(16)17-3/h10H,4-9H2,1-3H3. The maximum absolute atomic E-state index is 12.1. The largest absolute Gasteiger partial charge is 0.453 e. The summed E-state index contributed by atoms with van der Waals surface area (Å²) in [5, 5.41) is 0. The van der Waals surface area contributed by atoms with Crippen LogP contribution < -0.4 is 0 Å². The van der Waals surface area contributed by atoms with Gasteiger partial charge in [-0.1, -0.05) is 6.92 Å². The van der Waals surface area contributed by atoms with Crippen LogP contribution in [0.4, 0.5) is 4.79 Å². The molecule has 1 atom stereocenters. The van der Waals surface area contributed by atoms with E-state index in [1.807, 2.05) is 4.90 Å². The lowest BCUT2D eigenvalue weighted by Crippen LogP contribution is -2.48. The van der Waals surface area contributed by atoms with Crippen LogP contribution in [-0.2, 0) is 9.53 Å². The molecule has 1 rings (SSSR count). The molecule has 0 aliphatic carbocycles. The molecule has 0 radical (unpaired) electrons. The van der Waals surface area contributed by atoms with Crippen molar-refractivity contribution in [3.63, 3.8) is 0 Å². The van der Waals surface area contributed by atoms with Gasteiger partial charge in [-0.25, -0.2) is 4.79 Å². The van der Waals surface area contributed by atoms with Gasteiger partial charge in [0, 0.05) is 19.6 Å². The lowest BCUT2D eigenvalue weighted by Gasteiger charge is -2.36. The molecule has 5 nitrogen and oxygen atoms in total. The lowest BCUT2D eigenvalue weighted by molar-refractivity contribution is -0.135. The number of methoxy groups -OCH3 is 1. The molecule has 1 fully saturated rings. The summed E-state index contributed by atoms with van der Waals surface area (Å²) in [5.74, 6) is 0.0180. The van der Waals surface area contributed by atoms with E-state index < -0.39 is 6.09 Å². The summed E-state index contributed by atoms with van der Waals surface area (Å²) in [5.41, 5.74) is 0. The van der Waals surface area contributed by atoms with Gasteiger partial charge in [0.15, 0.2) is 0 Å². The summed E-state index contributed by atoms with van der Waals surface area (Å²) in [4.78, 5) is 26.5. The Bertz CT molecular complexity index is 281. The molecule has 17 heavy (non-hydrogen) atoms. The maximum atomic E-state index is 12.1. The average Bonchev–Trinajstić information content (AvgIpc) is 2.37. The first-order chi connectivity index (χ1) is 8.10. The van der Waals surface area contributed by atoms with E-state index in [4.69, 9.17) is 0 Å². The molecule has 0 aromatic rings. The smallest absolute Gasteiger partial charge is 0.409 e. The van der Waals surface area contributed by atoms with E-state index in [9.17, 15) is 9.59 Å². The third-order valence-electron chi connectivity index (χ3n) is 3.28. The number of likely N-dealkylation sites (tertiary alicyclic amines) is 1. The van der Waals surface area contributed by atoms with E-state index in [0.717, 1.165) is 25.8 Å². The van der Waals surface area contributed by atoms with Gasteiger partial charge in [-0.15, -0.1) is 0 Å². The van der Waals surface area contributed by atoms with Crippen LogP contribution >= 0.6 is 0 Å². The normalized spacial score (nSPS) is 19.9. The molecule has 0 spiro atoms. The summed E-state index contributed by atoms with van der Waals surface area (Å²) in [6, 6.07) is 0.335. The monoisotopic (exact) mass is 242 g/mol. The number of amides is 2. The molecule has 1 aliphatic rings. The summed E-state index contributed by atoms with van der Waals surface area (Å²) >= 11 is 0. The van der Waals surface area contributed by atoms with Crippen molar-refractivity contribution in [2.24, 2.45) is 0 Å². The molecule has 0 saturated carbocycles. The second kappa shape index (κ2) is 6.47. The fraction of sp³-hybridized carbons (Fsp3) is 0.833. The number of ether oxygens (including phenoxy) is 1. The first-order valence-electron chi connectivity index (χ1n) is 6.18. The number of carbonyl (C=O) groups excluding carboxylic acids is 2. The van der Waals surface area contributed by atoms with E-state index in [1.54, 1.807) is 7.05 Å². The molecule has 0 bridgehead atoms. The molecule has 1 saturated heterocycles. The predicted molar refractivity (Wildman–Crippen MR) is 64.7 cm³/mol. The number of nitrogens with zero attached hydrogens (tertiary/aromatic N) is 2. The molecule has 98 valence electrons. The van der Waals surface area contributed by atoms with Crippen molar-refractivity contribution in [2.45, 2.75) is 38.6 Å². The Balaban J connectivity index is 2.53. The van der Waals surface area contributed by atoms with Crippen LogP contribution in [0.1, 0.15) is 32.6 Å². The third-order valence-corrected chi connectivity index (χ3v) is 3.28. The van der Waals surface area contributed by atoms with Gasteiger partial charge in [-0.05, 0) is 25.7 Å². The highest BCUT2D eigenvalue weighted by atomic mass is 16.5. The topological polar surface area (TPSA) is 49.9 Å². The van der Waals surface area contributed by atoms with E-state index in [-0.39, 0.29) is 12.5 Å². The molecular formula is C12H22N2O3. The van der Waals surface area contributed by atoms with Gasteiger partial charge >= 0.3 is 6.09 Å². The Morgan fingerprint density at radius 3 is 2.71 bits per heavy atom. The third kappa shape index (κ3) is 3.61. The Kier molecular flexibility index (Phi) is 5.25. The molecule has 0 aromatic carbocycles. The minimum atomic E-state index is -0.469. The highest BCUT2D eigenvalue weighted by Crippen LogP contribution is 2.19. The average molecular weight is 242 g/mol. The van der Waals surface area contributed by atoms with Crippen molar-refractivity contribution < 1.29 is 14.3 Å². The van der Waals surface area contributed by atoms with Gasteiger partial charge in [0.05, 0.1) is 7.11 Å². The first-order valence-corrected chi connectivity index (χ1v) is 6.18. The Morgan fingerprint density at radius 1 is 1.41 bits per heavy atom. The second-order valence-corrected chi connectivity index (χ2v) is 4.47. The number of hydrogen-bond acceptors (Lipinski definition) is 3. The predicted octanol–water partition coefficient (Wildman–Crippen LogP) is 1.48. The van der Waals surface area contributed by atoms with Crippen LogP contribution in [0, 0.1) is 0 Å². The number of rotatable bonds is 3. The van der Waals surface area contributed by atoms with Gasteiger partial charge in [0.1, 0.15) is 6.54 Å². The zero-order valence-electron chi connectivity index (χ0n) is 10.9. The molecular weight excluding hydrogens is 220 g/mol. The van der Waals surface area contributed by atoms with Crippen molar-refractivity contribution in [3.05, 3.63) is 0 Å². The van der Waals surface area contributed by atoms with E-state index >= 15 is 0 Å². The van der Waals surface area contributed by atoms with E-state index in [2.05, 4.69) is 11.7 Å². The fourth-order valence-electron chi connectivity index (χ4n) is 2.27. The highest BCUT2D eigenvalue weighted by Gasteiger charge is 2.26. The highest BCUT2D eigenvalue weighted by molar-refractivity contribution is 5.82. The summed E-state index contributed by atoms with van der Waals surface area (Å²) < 4.78 is 4.57. The Hall–Kier alpha value is -1.26. The van der Waals surface area contributed by atoms with Crippen LogP contribution in [0.5, 0.6) is 0 Å². The molecule has 0 aromatic heterocycles. The molecule has 1 aliphatic heterocycles. The van der Waals surface area contributed by atoms with Gasteiger partial charge in [0.2, 0.25) is 5.91 Å². The first kappa shape index (κ1) is 13.8. The number of piperidine rings is 1. The second-order valence-electron chi connectivity index (χ2n) is 4.47. The van der Waals surface area contributed by atoms with Crippen molar-refractivity contribution in [1.82, 2.24) is 9.80 Å². The van der Waals surface area contributed by atoms with Crippen LogP contribution in [0.25, 0.3) is 0 Å². The zero-order chi connectivity index (χ0) is 12.8. The maximum Gasteiger partial charge on any atom is 0.409 e. The Labute approximate surface area is 103 Å². The van der Waals surface area contributed by atoms with Gasteiger partial charge < -0.3 is 14.5 Å². The molecule has 2 amide bonds. The van der Waals surface area contributed by atoms with Gasteiger partial charge in [0.25, 0.3) is 0 Å². The fourth-order valence-corrected chi connectivity index (χ4v) is 2.27. The quantitative estimate of drug-likeness (QED) is 0.753. The van der Waals surface area contributed by atoms with Gasteiger partial charge in [-0.2, -0.15) is 0 Å². The SMILES string of the molecule is CCC1CCCCN1C(=O)CN(C)C(=O)OC. The van der Waals surface area contributed by atoms with E-state index in [1.165, 1.54) is 18.4 Å². The summed E-state index contributed by atoms with van der Waals surface area (Å²) in [7, 11) is 2.90. The van der Waals surface area contributed by atoms with Crippen molar-refractivity contribution in [1.29, 1.82) is 0 Å². The molecule has 0 N–H and O–H groups in total. The van der Waals surface area contributed by atoms with Crippen LogP contribution in [0.2, 0.25) is 0 Å². The molecule has 5 heteroatoms. The lowest BCUT2D eigenvalue weighted by atomic mass is 10.00. The van der Waals surface area contributed by atoms with Crippen LogP contribution in [0.15, 0.2) is 0 Å². The number of carbonyl (C=O) groups is 2. The summed E-state index contributed by atoms with van der Waals surface area (Å²) in [6.07, 6.45) is 3.83. The minimum Gasteiger partial charge on any atom is -0.453 e. The zero-order valence-corrected chi connectivity index (χ0v) is 10.9. The number of hydrogen-bond donors (Lipinski definition) is 0. The van der Waals surface area contributed by atoms with Crippen molar-refractivity contribution >= 4 is 12.0 Å². The van der Waals surface area contributed by atoms with Crippen LogP contribution in [0.3, 0.4) is 0 Å². The van der Waals surface area contributed by atoms with Crippen molar-refractivity contribution in [3.8, 4) is 0 Å². The number of likely N-dealkylation sites (N-methyl/N-ethyl adjacent to an activating group) is 1. The van der Waals surface area contributed by atoms with Gasteiger partial charge in [-0.3, -0.25) is 4.79 Å². The Morgan fingerprint density at radius 2 is 2.12 bits per heavy atom. The van der Waals surface area contributed by atoms with E-state index in [0.29, 0.717) is 6.04 Å². The molecule has 1 unspecified atom stereocenters. The van der Waals surface area contributed by atoms with Crippen molar-refractivity contribution in [2.75, 3.05) is 27.2 Å². The molecule has 1 heterocycles.